The van der Waals surface area contributed by atoms with Crippen molar-refractivity contribution in [1.29, 1.82) is 0 Å². The summed E-state index contributed by atoms with van der Waals surface area (Å²) in [7, 11) is -3.76. The lowest BCUT2D eigenvalue weighted by Crippen LogP contribution is -2.19. The van der Waals surface area contributed by atoms with Gasteiger partial charge in [-0.15, -0.1) is 0 Å². The van der Waals surface area contributed by atoms with E-state index in [4.69, 9.17) is 14.7 Å². The van der Waals surface area contributed by atoms with Gasteiger partial charge in [0.05, 0.1) is 6.54 Å². The van der Waals surface area contributed by atoms with Crippen molar-refractivity contribution in [3.8, 4) is 0 Å². The quantitative estimate of drug-likeness (QED) is 0.593. The summed E-state index contributed by atoms with van der Waals surface area (Å²) < 4.78 is 1.46. The molecule has 0 fully saturated rings. The Morgan fingerprint density at radius 1 is 1.46 bits per heavy atom. The molecule has 1 atom stereocenters. The Kier molecular flexibility index (Phi) is 3.33. The van der Waals surface area contributed by atoms with Crippen molar-refractivity contribution >= 4 is 7.94 Å². The van der Waals surface area contributed by atoms with Crippen LogP contribution in [0.3, 0.4) is 0 Å². The van der Waals surface area contributed by atoms with Crippen LogP contribution in [0, 0.1) is 0 Å². The van der Waals surface area contributed by atoms with Crippen LogP contribution in [0.25, 0.3) is 0 Å². The molecule has 13 heavy (non-hydrogen) atoms. The van der Waals surface area contributed by atoms with Crippen LogP contribution >= 0.6 is 7.94 Å². The average Bonchev–Trinajstić information content (AvgIpc) is 2.49. The van der Waals surface area contributed by atoms with Crippen LogP contribution in [-0.2, 0) is 6.54 Å². The summed E-state index contributed by atoms with van der Waals surface area (Å²) in [4.78, 5) is 30.8. The van der Waals surface area contributed by atoms with Gasteiger partial charge in [0.15, 0.2) is 5.66 Å². The lowest BCUT2D eigenvalue weighted by atomic mass is 10.3. The number of hydrogen-bond acceptors (Lipinski definition) is 5. The molecule has 1 unspecified atom stereocenters. The first-order valence-electron chi connectivity index (χ1n) is 3.93. The van der Waals surface area contributed by atoms with Gasteiger partial charge in [0.1, 0.15) is 12.7 Å². The van der Waals surface area contributed by atoms with Crippen molar-refractivity contribution < 1.29 is 14.7 Å². The van der Waals surface area contributed by atoms with Crippen LogP contribution in [0.15, 0.2) is 12.7 Å². The Morgan fingerprint density at radius 3 is 2.54 bits per heavy atom. The second-order valence-electron chi connectivity index (χ2n) is 2.79. The molecule has 0 radical (unpaired) electrons. The standard InChI is InChI=1S/C6H13N3O3P/c1-2-6(13(10,11)12)3-9-5-7-4-8-9/h4-6,10-12H,2-3H2,1H3/q+1. The maximum atomic E-state index is 9.04. The zero-order valence-electron chi connectivity index (χ0n) is 7.28. The third kappa shape index (κ3) is 3.00. The van der Waals surface area contributed by atoms with Crippen LogP contribution in [0.1, 0.15) is 13.3 Å². The first-order valence-corrected chi connectivity index (χ1v) is 5.65. The minimum Gasteiger partial charge on any atom is -0.249 e. The molecular weight excluding hydrogens is 193 g/mol. The summed E-state index contributed by atoms with van der Waals surface area (Å²) in [5.74, 6) is 0. The number of nitrogens with zero attached hydrogens (tertiary/aromatic N) is 3. The Morgan fingerprint density at radius 2 is 2.15 bits per heavy atom. The van der Waals surface area contributed by atoms with Crippen LogP contribution in [0.2, 0.25) is 0 Å². The largest absolute Gasteiger partial charge is 0.408 e. The summed E-state index contributed by atoms with van der Waals surface area (Å²) in [6.07, 6.45) is 3.31. The molecule has 0 saturated carbocycles. The van der Waals surface area contributed by atoms with Gasteiger partial charge in [0, 0.05) is 0 Å². The summed E-state index contributed by atoms with van der Waals surface area (Å²) in [6.45, 7) is 2.05. The molecule has 0 aliphatic rings. The highest BCUT2D eigenvalue weighted by atomic mass is 31.2. The predicted molar refractivity (Wildman–Crippen MR) is 47.7 cm³/mol. The third-order valence-corrected chi connectivity index (χ3v) is 3.33. The Bertz CT molecular complexity index is 246. The fourth-order valence-electron chi connectivity index (χ4n) is 1.03. The van der Waals surface area contributed by atoms with Crippen LogP contribution in [-0.4, -0.2) is 35.1 Å². The molecule has 0 aromatic carbocycles. The second kappa shape index (κ2) is 4.11. The zero-order valence-corrected chi connectivity index (χ0v) is 8.17. The molecule has 7 heteroatoms. The number of rotatable bonds is 4. The van der Waals surface area contributed by atoms with E-state index in [1.165, 1.54) is 17.3 Å². The van der Waals surface area contributed by atoms with E-state index in [0.29, 0.717) is 6.42 Å². The summed E-state index contributed by atoms with van der Waals surface area (Å²) in [5, 5.41) is 3.81. The maximum Gasteiger partial charge on any atom is 0.408 e. The van der Waals surface area contributed by atoms with Gasteiger partial charge >= 0.3 is 7.94 Å². The van der Waals surface area contributed by atoms with Gasteiger partial charge in [-0.05, 0) is 6.42 Å². The summed E-state index contributed by atoms with van der Waals surface area (Å²) in [5.41, 5.74) is -0.561. The van der Waals surface area contributed by atoms with E-state index in [0.717, 1.165) is 0 Å². The number of aromatic nitrogens is 3. The lowest BCUT2D eigenvalue weighted by Gasteiger charge is -2.14. The van der Waals surface area contributed by atoms with Gasteiger partial charge in [-0.2, -0.15) is 19.8 Å². The molecule has 3 N–H and O–H groups in total. The molecular formula is C6H13N3O3P+. The van der Waals surface area contributed by atoms with Crippen molar-refractivity contribution in [3.05, 3.63) is 12.7 Å². The molecule has 74 valence electrons. The van der Waals surface area contributed by atoms with Gasteiger partial charge < -0.3 is 0 Å². The monoisotopic (exact) mass is 206 g/mol. The van der Waals surface area contributed by atoms with Crippen LogP contribution in [0.5, 0.6) is 0 Å². The van der Waals surface area contributed by atoms with E-state index in [9.17, 15) is 0 Å². The minimum absolute atomic E-state index is 0.272. The molecule has 0 bridgehead atoms. The van der Waals surface area contributed by atoms with E-state index in [-0.39, 0.29) is 6.54 Å². The van der Waals surface area contributed by atoms with Gasteiger partial charge in [-0.1, -0.05) is 6.92 Å². The van der Waals surface area contributed by atoms with E-state index < -0.39 is 13.6 Å². The molecule has 0 saturated heterocycles. The molecule has 1 aromatic heterocycles. The lowest BCUT2D eigenvalue weighted by molar-refractivity contribution is 0.304. The highest BCUT2D eigenvalue weighted by Crippen LogP contribution is 2.51. The smallest absolute Gasteiger partial charge is 0.249 e. The fourth-order valence-corrected chi connectivity index (χ4v) is 1.90. The Hall–Kier alpha value is -0.550. The molecule has 0 spiro atoms. The van der Waals surface area contributed by atoms with Crippen molar-refractivity contribution in [3.63, 3.8) is 0 Å². The number of hydrogen-bond donors (Lipinski definition) is 3. The van der Waals surface area contributed by atoms with Crippen molar-refractivity contribution in [2.24, 2.45) is 0 Å². The molecule has 6 nitrogen and oxygen atoms in total. The molecule has 0 aliphatic carbocycles. The summed E-state index contributed by atoms with van der Waals surface area (Å²) in [6, 6.07) is 0. The molecule has 1 heterocycles. The van der Waals surface area contributed by atoms with Gasteiger partial charge in [0.25, 0.3) is 0 Å². The molecule has 0 amide bonds. The topological polar surface area (TPSA) is 91.4 Å². The molecule has 0 aliphatic heterocycles. The Balaban J connectivity index is 2.60. The third-order valence-electron chi connectivity index (χ3n) is 1.83. The molecule has 1 rings (SSSR count). The van der Waals surface area contributed by atoms with E-state index in [1.54, 1.807) is 6.92 Å². The highest BCUT2D eigenvalue weighted by molar-refractivity contribution is 7.59. The predicted octanol–water partition coefficient (Wildman–Crippen LogP) is -0.204. The first kappa shape index (κ1) is 10.5. The maximum absolute atomic E-state index is 9.04. The van der Waals surface area contributed by atoms with Crippen molar-refractivity contribution in [2.75, 3.05) is 0 Å². The van der Waals surface area contributed by atoms with Crippen molar-refractivity contribution in [2.45, 2.75) is 25.5 Å². The van der Waals surface area contributed by atoms with E-state index in [2.05, 4.69) is 10.1 Å². The minimum atomic E-state index is -3.76. The second-order valence-corrected chi connectivity index (χ2v) is 4.75. The average molecular weight is 206 g/mol. The van der Waals surface area contributed by atoms with Gasteiger partial charge in [-0.3, -0.25) is 0 Å². The SMILES string of the molecule is CCC(Cn1cncn1)[P+](O)(O)O. The normalized spacial score (nSPS) is 14.5. The fraction of sp³-hybridized carbons (Fsp3) is 0.667. The van der Waals surface area contributed by atoms with Gasteiger partial charge in [-0.25, -0.2) is 9.67 Å². The summed E-state index contributed by atoms with van der Waals surface area (Å²) >= 11 is 0. The Labute approximate surface area is 76.4 Å². The first-order chi connectivity index (χ1) is 6.04. The zero-order chi connectivity index (χ0) is 9.90. The van der Waals surface area contributed by atoms with E-state index in [1.807, 2.05) is 0 Å². The van der Waals surface area contributed by atoms with Crippen LogP contribution in [0.4, 0.5) is 0 Å². The van der Waals surface area contributed by atoms with Gasteiger partial charge in [0.2, 0.25) is 0 Å². The molecule has 1 aromatic rings. The highest BCUT2D eigenvalue weighted by Gasteiger charge is 2.41. The van der Waals surface area contributed by atoms with Crippen molar-refractivity contribution in [1.82, 2.24) is 14.8 Å². The van der Waals surface area contributed by atoms with E-state index >= 15 is 0 Å². The van der Waals surface area contributed by atoms with Crippen LogP contribution < -0.4 is 0 Å².